The molecule has 0 bridgehead atoms. The van der Waals surface area contributed by atoms with Gasteiger partial charge in [0.2, 0.25) is 0 Å². The zero-order valence-electron chi connectivity index (χ0n) is 11.5. The number of benzene rings is 2. The maximum Gasteiger partial charge on any atom is 0.137 e. The van der Waals surface area contributed by atoms with E-state index in [1.165, 1.54) is 17.2 Å². The molecule has 0 spiro atoms. The van der Waals surface area contributed by atoms with Crippen LogP contribution in [0.1, 0.15) is 35.1 Å². The molecule has 0 aromatic heterocycles. The molecule has 0 saturated heterocycles. The molecule has 2 aromatic rings. The van der Waals surface area contributed by atoms with E-state index < -0.39 is 6.10 Å². The molecule has 0 aliphatic heterocycles. The SMILES string of the molecule is OC(c1ccc(F)c(Br)c1)C1C2CCc3ccccc3C21. The Morgan fingerprint density at radius 3 is 2.81 bits per heavy atom. The molecule has 4 rings (SSSR count). The fraction of sp³-hybridized carbons (Fsp3) is 0.333. The molecule has 4 atom stereocenters. The largest absolute Gasteiger partial charge is 0.388 e. The molecule has 1 saturated carbocycles. The zero-order chi connectivity index (χ0) is 14.6. The van der Waals surface area contributed by atoms with Crippen molar-refractivity contribution < 1.29 is 9.50 Å². The molecule has 1 N–H and O–H groups in total. The van der Waals surface area contributed by atoms with E-state index in [2.05, 4.69) is 40.2 Å². The number of rotatable bonds is 2. The van der Waals surface area contributed by atoms with Gasteiger partial charge < -0.3 is 5.11 Å². The van der Waals surface area contributed by atoms with Crippen LogP contribution in [-0.2, 0) is 6.42 Å². The van der Waals surface area contributed by atoms with Gasteiger partial charge in [-0.05, 0) is 75.3 Å². The summed E-state index contributed by atoms with van der Waals surface area (Å²) in [4.78, 5) is 0. The van der Waals surface area contributed by atoms with Crippen molar-refractivity contribution in [1.29, 1.82) is 0 Å². The predicted octanol–water partition coefficient (Wildman–Crippen LogP) is 4.60. The summed E-state index contributed by atoms with van der Waals surface area (Å²) in [6.45, 7) is 0. The van der Waals surface area contributed by atoms with Crippen LogP contribution in [0.3, 0.4) is 0 Å². The number of halogens is 2. The summed E-state index contributed by atoms with van der Waals surface area (Å²) in [6.07, 6.45) is 1.74. The number of aliphatic hydroxyl groups is 1. The number of aliphatic hydroxyl groups excluding tert-OH is 1. The molecule has 1 nitrogen and oxygen atoms in total. The lowest BCUT2D eigenvalue weighted by Gasteiger charge is -2.13. The van der Waals surface area contributed by atoms with E-state index in [1.807, 2.05) is 0 Å². The van der Waals surface area contributed by atoms with E-state index in [9.17, 15) is 9.50 Å². The van der Waals surface area contributed by atoms with Gasteiger partial charge in [-0.25, -0.2) is 4.39 Å². The molecule has 2 aliphatic carbocycles. The quantitative estimate of drug-likeness (QED) is 0.842. The topological polar surface area (TPSA) is 20.2 Å². The Labute approximate surface area is 131 Å². The average Bonchev–Trinajstić information content (AvgIpc) is 3.24. The van der Waals surface area contributed by atoms with E-state index in [4.69, 9.17) is 0 Å². The molecular weight excluding hydrogens is 331 g/mol. The van der Waals surface area contributed by atoms with Gasteiger partial charge in [-0.3, -0.25) is 0 Å². The van der Waals surface area contributed by atoms with E-state index in [1.54, 1.807) is 12.1 Å². The normalized spacial score (nSPS) is 27.7. The van der Waals surface area contributed by atoms with Crippen LogP contribution in [0.5, 0.6) is 0 Å². The van der Waals surface area contributed by atoms with Crippen molar-refractivity contribution in [3.8, 4) is 0 Å². The average molecular weight is 347 g/mol. The molecule has 1 fully saturated rings. The summed E-state index contributed by atoms with van der Waals surface area (Å²) in [5, 5.41) is 10.7. The van der Waals surface area contributed by atoms with Gasteiger partial charge >= 0.3 is 0 Å². The Hall–Kier alpha value is -1.19. The fourth-order valence-corrected chi connectivity index (χ4v) is 4.37. The highest BCUT2D eigenvalue weighted by Crippen LogP contribution is 2.64. The van der Waals surface area contributed by atoms with Crippen LogP contribution in [0.2, 0.25) is 0 Å². The molecular formula is C18H16BrFO. The first-order valence-corrected chi connectivity index (χ1v) is 8.17. The molecule has 21 heavy (non-hydrogen) atoms. The predicted molar refractivity (Wildman–Crippen MR) is 83.5 cm³/mol. The lowest BCUT2D eigenvalue weighted by Crippen LogP contribution is -2.02. The standard InChI is InChI=1S/C18H16BrFO/c19-14-9-11(6-8-15(14)20)18(21)17-13-7-5-10-3-1-2-4-12(10)16(13)17/h1-4,6,8-9,13,16-18,21H,5,7H2. The van der Waals surface area contributed by atoms with E-state index in [-0.39, 0.29) is 11.7 Å². The monoisotopic (exact) mass is 346 g/mol. The van der Waals surface area contributed by atoms with Crippen LogP contribution in [0, 0.1) is 17.7 Å². The van der Waals surface area contributed by atoms with Gasteiger partial charge in [0.05, 0.1) is 10.6 Å². The summed E-state index contributed by atoms with van der Waals surface area (Å²) >= 11 is 3.20. The first kappa shape index (κ1) is 13.5. The Bertz CT molecular complexity index is 699. The van der Waals surface area contributed by atoms with Crippen LogP contribution < -0.4 is 0 Å². The highest BCUT2D eigenvalue weighted by molar-refractivity contribution is 9.10. The summed E-state index contributed by atoms with van der Waals surface area (Å²) in [5.74, 6) is 1.02. The number of aryl methyl sites for hydroxylation is 1. The molecule has 2 aliphatic rings. The Morgan fingerprint density at radius 2 is 2.00 bits per heavy atom. The second-order valence-corrected chi connectivity index (χ2v) is 6.98. The maximum atomic E-state index is 13.3. The van der Waals surface area contributed by atoms with E-state index in [0.717, 1.165) is 18.4 Å². The number of fused-ring (bicyclic) bond motifs is 3. The van der Waals surface area contributed by atoms with Gasteiger partial charge in [0.15, 0.2) is 0 Å². The van der Waals surface area contributed by atoms with Gasteiger partial charge in [-0.15, -0.1) is 0 Å². The van der Waals surface area contributed by atoms with Crippen LogP contribution in [0.15, 0.2) is 46.9 Å². The molecule has 0 amide bonds. The van der Waals surface area contributed by atoms with Gasteiger partial charge in [-0.2, -0.15) is 0 Å². The summed E-state index contributed by atoms with van der Waals surface area (Å²) in [7, 11) is 0. The van der Waals surface area contributed by atoms with E-state index >= 15 is 0 Å². The minimum Gasteiger partial charge on any atom is -0.388 e. The summed E-state index contributed by atoms with van der Waals surface area (Å²) in [5.41, 5.74) is 3.63. The van der Waals surface area contributed by atoms with Gasteiger partial charge in [0, 0.05) is 0 Å². The van der Waals surface area contributed by atoms with Crippen molar-refractivity contribution in [3.05, 3.63) is 69.4 Å². The van der Waals surface area contributed by atoms with Gasteiger partial charge in [-0.1, -0.05) is 30.3 Å². The number of hydrogen-bond acceptors (Lipinski definition) is 1. The van der Waals surface area contributed by atoms with E-state index in [0.29, 0.717) is 16.3 Å². The van der Waals surface area contributed by atoms with Crippen LogP contribution in [-0.4, -0.2) is 5.11 Å². The molecule has 0 radical (unpaired) electrons. The highest BCUT2D eigenvalue weighted by atomic mass is 79.9. The Morgan fingerprint density at radius 1 is 1.19 bits per heavy atom. The molecule has 108 valence electrons. The lowest BCUT2D eigenvalue weighted by atomic mass is 9.92. The van der Waals surface area contributed by atoms with Crippen molar-refractivity contribution in [2.75, 3.05) is 0 Å². The minimum atomic E-state index is -0.511. The van der Waals surface area contributed by atoms with Crippen molar-refractivity contribution in [2.45, 2.75) is 24.9 Å². The Balaban J connectivity index is 1.63. The smallest absolute Gasteiger partial charge is 0.137 e. The lowest BCUT2D eigenvalue weighted by molar-refractivity contribution is 0.145. The van der Waals surface area contributed by atoms with Crippen molar-refractivity contribution >= 4 is 15.9 Å². The number of hydrogen-bond donors (Lipinski definition) is 1. The van der Waals surface area contributed by atoms with Crippen LogP contribution in [0.25, 0.3) is 0 Å². The zero-order valence-corrected chi connectivity index (χ0v) is 13.1. The third-order valence-electron chi connectivity index (χ3n) is 5.04. The van der Waals surface area contributed by atoms with Crippen LogP contribution in [0.4, 0.5) is 4.39 Å². The molecule has 4 unspecified atom stereocenters. The summed E-state index contributed by atoms with van der Waals surface area (Å²) < 4.78 is 13.8. The first-order valence-electron chi connectivity index (χ1n) is 7.37. The second-order valence-electron chi connectivity index (χ2n) is 6.12. The fourth-order valence-electron chi connectivity index (χ4n) is 3.97. The maximum absolute atomic E-state index is 13.3. The molecule has 2 aromatic carbocycles. The van der Waals surface area contributed by atoms with Gasteiger partial charge in [0.1, 0.15) is 5.82 Å². The van der Waals surface area contributed by atoms with Gasteiger partial charge in [0.25, 0.3) is 0 Å². The molecule has 3 heteroatoms. The highest BCUT2D eigenvalue weighted by Gasteiger charge is 2.56. The second kappa shape index (κ2) is 4.92. The van der Waals surface area contributed by atoms with Crippen molar-refractivity contribution in [1.82, 2.24) is 0 Å². The van der Waals surface area contributed by atoms with Crippen molar-refractivity contribution in [3.63, 3.8) is 0 Å². The Kier molecular flexibility index (Phi) is 3.16. The van der Waals surface area contributed by atoms with Crippen molar-refractivity contribution in [2.24, 2.45) is 11.8 Å². The third-order valence-corrected chi connectivity index (χ3v) is 5.65. The molecule has 0 heterocycles. The third kappa shape index (κ3) is 2.14. The van der Waals surface area contributed by atoms with Crippen LogP contribution >= 0.6 is 15.9 Å². The first-order chi connectivity index (χ1) is 10.2. The summed E-state index contributed by atoms with van der Waals surface area (Å²) in [6, 6.07) is 13.4. The minimum absolute atomic E-state index is 0.269.